The first-order valence-electron chi connectivity index (χ1n) is 14.0. The Morgan fingerprint density at radius 2 is 1.78 bits per heavy atom. The van der Waals surface area contributed by atoms with Gasteiger partial charge in [-0.3, -0.25) is 9.89 Å². The molecule has 1 amide bonds. The Morgan fingerprint density at radius 3 is 2.31 bits per heavy atom. The minimum absolute atomic E-state index is 0.102. The van der Waals surface area contributed by atoms with Crippen molar-refractivity contribution in [3.63, 3.8) is 0 Å². The second kappa shape index (κ2) is 12.7. The number of rotatable bonds is 7. The molecular weight excluding hydrogens is 612 g/mol. The maximum absolute atomic E-state index is 13.2. The number of nitrogens with one attached hydrogen (secondary N) is 3. The number of amides is 1. The number of carbonyl (C=O) groups is 2. The number of alkyl halides is 6. The molecule has 3 aromatic rings. The number of benzene rings is 1. The van der Waals surface area contributed by atoms with Crippen LogP contribution in [0.4, 0.5) is 26.3 Å². The van der Waals surface area contributed by atoms with E-state index in [9.17, 15) is 31.1 Å². The second-order valence-corrected chi connectivity index (χ2v) is 11.8. The highest BCUT2D eigenvalue weighted by molar-refractivity contribution is 5.93. The van der Waals surface area contributed by atoms with Gasteiger partial charge in [-0.1, -0.05) is 0 Å². The van der Waals surface area contributed by atoms with Crippen molar-refractivity contribution >= 4 is 11.9 Å². The summed E-state index contributed by atoms with van der Waals surface area (Å²) < 4.78 is 79.3. The van der Waals surface area contributed by atoms with E-state index < -0.39 is 29.6 Å². The summed E-state index contributed by atoms with van der Waals surface area (Å²) in [4.78, 5) is 25.4. The van der Waals surface area contributed by atoms with Gasteiger partial charge in [0.1, 0.15) is 17.0 Å². The Balaban J connectivity index is 0.000000591. The molecule has 1 aromatic carbocycles. The molecule has 2 fully saturated rings. The fourth-order valence-corrected chi connectivity index (χ4v) is 4.92. The molecule has 1 aliphatic carbocycles. The molecule has 0 bridgehead atoms. The lowest BCUT2D eigenvalue weighted by Gasteiger charge is -2.47. The van der Waals surface area contributed by atoms with Crippen LogP contribution in [0.1, 0.15) is 67.1 Å². The predicted molar refractivity (Wildman–Crippen MR) is 147 cm³/mol. The SMILES string of the molecule is Cc1cc(OC2CCC3(CC2)CNC3)ccc1-n1cc(C(=O)NCc2nc(C(C)(C)C(F)(F)F)n[nH]2)cn1.O=C(O)C(F)(F)F. The van der Waals surface area contributed by atoms with Crippen molar-refractivity contribution in [1.82, 2.24) is 35.6 Å². The van der Waals surface area contributed by atoms with E-state index in [1.165, 1.54) is 19.0 Å². The molecule has 2 aliphatic rings. The van der Waals surface area contributed by atoms with Crippen LogP contribution < -0.4 is 15.4 Å². The van der Waals surface area contributed by atoms with E-state index in [-0.39, 0.29) is 24.3 Å². The van der Waals surface area contributed by atoms with Crippen molar-refractivity contribution in [2.75, 3.05) is 13.1 Å². The zero-order valence-electron chi connectivity index (χ0n) is 24.6. The summed E-state index contributed by atoms with van der Waals surface area (Å²) in [5, 5.41) is 23.6. The van der Waals surface area contributed by atoms with Crippen molar-refractivity contribution < 1.29 is 45.8 Å². The molecule has 4 N–H and O–H groups in total. The molecule has 3 heterocycles. The lowest BCUT2D eigenvalue weighted by Crippen LogP contribution is -2.55. The third-order valence-corrected chi connectivity index (χ3v) is 8.01. The van der Waals surface area contributed by atoms with Crippen LogP contribution in [-0.2, 0) is 16.8 Å². The number of nitrogens with zero attached hydrogens (tertiary/aromatic N) is 4. The van der Waals surface area contributed by atoms with Gasteiger partial charge in [-0.15, -0.1) is 0 Å². The fourth-order valence-electron chi connectivity index (χ4n) is 4.92. The molecule has 1 spiro atoms. The molecule has 0 unspecified atom stereocenters. The van der Waals surface area contributed by atoms with Crippen molar-refractivity contribution in [2.24, 2.45) is 5.41 Å². The quantitative estimate of drug-likeness (QED) is 0.273. The molecule has 5 rings (SSSR count). The number of carboxylic acid groups (broad SMARTS) is 1. The third-order valence-electron chi connectivity index (χ3n) is 8.01. The van der Waals surface area contributed by atoms with Crippen LogP contribution in [-0.4, -0.2) is 73.5 Å². The van der Waals surface area contributed by atoms with Crippen LogP contribution in [0, 0.1) is 12.3 Å². The molecule has 0 atom stereocenters. The number of aromatic amines is 1. The first-order chi connectivity index (χ1) is 20.9. The number of ether oxygens (including phenoxy) is 1. The Hall–Kier alpha value is -4.15. The van der Waals surface area contributed by atoms with Gasteiger partial charge in [0.2, 0.25) is 0 Å². The van der Waals surface area contributed by atoms with Crippen molar-refractivity contribution in [1.29, 1.82) is 0 Å². The summed E-state index contributed by atoms with van der Waals surface area (Å²) in [5.41, 5.74) is 0.356. The van der Waals surface area contributed by atoms with Gasteiger partial charge >= 0.3 is 18.3 Å². The average Bonchev–Trinajstić information content (AvgIpc) is 3.62. The van der Waals surface area contributed by atoms with E-state index in [1.807, 2.05) is 25.1 Å². The van der Waals surface area contributed by atoms with Gasteiger partial charge in [-0.05, 0) is 75.6 Å². The van der Waals surface area contributed by atoms with Gasteiger partial charge < -0.3 is 20.5 Å². The van der Waals surface area contributed by atoms with Gasteiger partial charge in [0.25, 0.3) is 5.91 Å². The van der Waals surface area contributed by atoms with Gasteiger partial charge in [-0.25, -0.2) is 14.5 Å². The molecule has 1 saturated carbocycles. The number of aromatic nitrogens is 5. The number of carboxylic acids is 1. The van der Waals surface area contributed by atoms with Gasteiger partial charge in [0.05, 0.1) is 30.1 Å². The summed E-state index contributed by atoms with van der Waals surface area (Å²) >= 11 is 0. The maximum Gasteiger partial charge on any atom is 0.490 e. The normalized spacial score (nSPS) is 16.8. The van der Waals surface area contributed by atoms with E-state index in [1.54, 1.807) is 10.9 Å². The molecule has 45 heavy (non-hydrogen) atoms. The molecule has 1 saturated heterocycles. The van der Waals surface area contributed by atoms with Crippen LogP contribution in [0.2, 0.25) is 0 Å². The first kappa shape index (κ1) is 33.7. The van der Waals surface area contributed by atoms with Gasteiger partial charge in [-0.2, -0.15) is 36.5 Å². The van der Waals surface area contributed by atoms with E-state index in [4.69, 9.17) is 14.6 Å². The summed E-state index contributed by atoms with van der Waals surface area (Å²) in [6.45, 7) is 6.12. The van der Waals surface area contributed by atoms with Crippen LogP contribution in [0.25, 0.3) is 5.69 Å². The molecule has 17 heteroatoms. The monoisotopic (exact) mass is 645 g/mol. The summed E-state index contributed by atoms with van der Waals surface area (Å²) in [5.74, 6) is -2.62. The number of hydrogen-bond donors (Lipinski definition) is 4. The third kappa shape index (κ3) is 7.93. The molecule has 1 aliphatic heterocycles. The van der Waals surface area contributed by atoms with Crippen LogP contribution >= 0.6 is 0 Å². The summed E-state index contributed by atoms with van der Waals surface area (Å²) in [7, 11) is 0. The highest BCUT2D eigenvalue weighted by Gasteiger charge is 2.51. The van der Waals surface area contributed by atoms with Gasteiger partial charge in [0.15, 0.2) is 5.82 Å². The first-order valence-corrected chi connectivity index (χ1v) is 14.0. The van der Waals surface area contributed by atoms with Crippen LogP contribution in [0.5, 0.6) is 5.75 Å². The highest BCUT2D eigenvalue weighted by atomic mass is 19.4. The number of aliphatic carboxylic acids is 1. The maximum atomic E-state index is 13.2. The fraction of sp³-hybridized carbons (Fsp3) is 0.536. The lowest BCUT2D eigenvalue weighted by molar-refractivity contribution is -0.192. The molecule has 0 radical (unpaired) electrons. The van der Waals surface area contributed by atoms with E-state index >= 15 is 0 Å². The largest absolute Gasteiger partial charge is 0.490 e. The van der Waals surface area contributed by atoms with E-state index in [2.05, 4.69) is 30.9 Å². The number of aryl methyl sites for hydroxylation is 1. The Morgan fingerprint density at radius 1 is 1.13 bits per heavy atom. The predicted octanol–water partition coefficient (Wildman–Crippen LogP) is 4.61. The lowest BCUT2D eigenvalue weighted by atomic mass is 9.69. The summed E-state index contributed by atoms with van der Waals surface area (Å²) in [6, 6.07) is 5.82. The van der Waals surface area contributed by atoms with Crippen LogP contribution in [0.3, 0.4) is 0 Å². The Labute approximate surface area is 253 Å². The number of carbonyl (C=O) groups excluding carboxylic acids is 1. The average molecular weight is 646 g/mol. The zero-order chi connectivity index (χ0) is 33.2. The van der Waals surface area contributed by atoms with Crippen molar-refractivity contribution in [3.8, 4) is 11.4 Å². The topological polar surface area (TPSA) is 147 Å². The molecule has 11 nitrogen and oxygen atoms in total. The van der Waals surface area contributed by atoms with Gasteiger partial charge in [0, 0.05) is 19.3 Å². The zero-order valence-corrected chi connectivity index (χ0v) is 24.6. The molecule has 2 aromatic heterocycles. The van der Waals surface area contributed by atoms with Crippen molar-refractivity contribution in [2.45, 2.75) is 76.9 Å². The number of H-pyrrole nitrogens is 1. The smallest absolute Gasteiger partial charge is 0.490 e. The summed E-state index contributed by atoms with van der Waals surface area (Å²) in [6.07, 6.45) is -1.79. The number of hydrogen-bond acceptors (Lipinski definition) is 7. The Bertz CT molecular complexity index is 1500. The van der Waals surface area contributed by atoms with Crippen LogP contribution in [0.15, 0.2) is 30.6 Å². The second-order valence-electron chi connectivity index (χ2n) is 11.8. The minimum Gasteiger partial charge on any atom is -0.490 e. The minimum atomic E-state index is -5.08. The molecular formula is C28H33F6N7O4. The molecule has 246 valence electrons. The van der Waals surface area contributed by atoms with E-state index in [0.29, 0.717) is 11.0 Å². The van der Waals surface area contributed by atoms with E-state index in [0.717, 1.165) is 56.8 Å². The highest BCUT2D eigenvalue weighted by Crippen LogP contribution is 2.41. The number of halogens is 6. The Kier molecular flexibility index (Phi) is 9.51. The standard InChI is InChI=1S/C26H32F3N7O2.C2HF3O2/c1-16-10-19(38-18-6-8-25(9-7-18)14-30-15-25)4-5-20(16)36-13-17(11-32-36)22(37)31-12-21-33-23(35-34-21)24(2,3)26(27,28)29;3-2(4,5)1(6)7/h4-5,10-11,13,18,30H,6-9,12,14-15H2,1-3H3,(H,31,37)(H,33,34,35);(H,6,7). The van der Waals surface area contributed by atoms with Crippen molar-refractivity contribution in [3.05, 3.63) is 53.4 Å².